The van der Waals surface area contributed by atoms with Crippen molar-refractivity contribution in [3.8, 4) is 0 Å². The Balaban J connectivity index is 0.000000281. The Morgan fingerprint density at radius 2 is 1.49 bits per heavy atom. The first-order valence-electron chi connectivity index (χ1n) is 11.6. The maximum Gasteiger partial charge on any atom is 0.305 e. The molecule has 2 aromatic carbocycles. The molecule has 2 aliphatic carbocycles. The molecular formula is C26H30N2O7. The fourth-order valence-corrected chi connectivity index (χ4v) is 5.17. The maximum atomic E-state index is 12.6. The van der Waals surface area contributed by atoms with E-state index in [0.29, 0.717) is 0 Å². The van der Waals surface area contributed by atoms with Crippen LogP contribution in [0.4, 0.5) is 0 Å². The van der Waals surface area contributed by atoms with Crippen LogP contribution in [0.15, 0.2) is 48.5 Å². The molecule has 4 rings (SSSR count). The summed E-state index contributed by atoms with van der Waals surface area (Å²) < 4.78 is 4.58. The van der Waals surface area contributed by atoms with Crippen molar-refractivity contribution in [1.82, 2.24) is 5.32 Å². The highest BCUT2D eigenvalue weighted by Crippen LogP contribution is 2.52. The summed E-state index contributed by atoms with van der Waals surface area (Å²) >= 11 is 0. The lowest BCUT2D eigenvalue weighted by molar-refractivity contribution is -0.148. The number of aliphatic carboxylic acids is 1. The van der Waals surface area contributed by atoms with Gasteiger partial charge in [-0.15, -0.1) is 0 Å². The van der Waals surface area contributed by atoms with Gasteiger partial charge in [0.25, 0.3) is 0 Å². The third-order valence-electron chi connectivity index (χ3n) is 6.71. The lowest BCUT2D eigenvalue weighted by Crippen LogP contribution is -2.50. The number of nitrogens with one attached hydrogen (secondary N) is 1. The van der Waals surface area contributed by atoms with E-state index in [1.807, 2.05) is 0 Å². The van der Waals surface area contributed by atoms with Crippen LogP contribution in [0.1, 0.15) is 32.6 Å². The number of carbonyl (C=O) groups excluding carboxylic acids is 4. The van der Waals surface area contributed by atoms with Gasteiger partial charge in [0.05, 0.1) is 18.3 Å². The molecule has 0 radical (unpaired) electrons. The van der Waals surface area contributed by atoms with Gasteiger partial charge in [-0.1, -0.05) is 48.5 Å². The summed E-state index contributed by atoms with van der Waals surface area (Å²) in [5.41, 5.74) is 5.43. The van der Waals surface area contributed by atoms with Gasteiger partial charge in [0, 0.05) is 6.92 Å². The number of carboxylic acids is 1. The average molecular weight is 483 g/mol. The zero-order valence-electron chi connectivity index (χ0n) is 19.5. The molecule has 9 heteroatoms. The molecule has 4 N–H and O–H groups in total. The Labute approximate surface area is 203 Å². The lowest BCUT2D eigenvalue weighted by atomic mass is 9.78. The second-order valence-electron chi connectivity index (χ2n) is 9.04. The number of rotatable bonds is 8. The van der Waals surface area contributed by atoms with Crippen molar-refractivity contribution >= 4 is 40.3 Å². The minimum absolute atomic E-state index is 0.0107. The van der Waals surface area contributed by atoms with Crippen molar-refractivity contribution in [2.45, 2.75) is 38.6 Å². The van der Waals surface area contributed by atoms with E-state index in [2.05, 4.69) is 58.6 Å². The molecular weight excluding hydrogens is 452 g/mol. The quantitative estimate of drug-likeness (QED) is 0.487. The lowest BCUT2D eigenvalue weighted by Gasteiger charge is -2.29. The molecule has 9 nitrogen and oxygen atoms in total. The van der Waals surface area contributed by atoms with Gasteiger partial charge < -0.3 is 20.9 Å². The van der Waals surface area contributed by atoms with Gasteiger partial charge in [-0.25, -0.2) is 0 Å². The molecule has 2 amide bonds. The highest BCUT2D eigenvalue weighted by atomic mass is 16.5. The number of hydrogen-bond acceptors (Lipinski definition) is 6. The fourth-order valence-electron chi connectivity index (χ4n) is 5.17. The van der Waals surface area contributed by atoms with Crippen LogP contribution in [0.5, 0.6) is 0 Å². The van der Waals surface area contributed by atoms with Gasteiger partial charge in [-0.3, -0.25) is 24.0 Å². The molecule has 0 spiro atoms. The molecule has 186 valence electrons. The van der Waals surface area contributed by atoms with Gasteiger partial charge in [0.2, 0.25) is 11.8 Å². The van der Waals surface area contributed by atoms with Crippen molar-refractivity contribution in [2.24, 2.45) is 29.4 Å². The first-order valence-corrected chi connectivity index (χ1v) is 11.6. The number of nitrogens with two attached hydrogens (primary N) is 1. The van der Waals surface area contributed by atoms with E-state index >= 15 is 0 Å². The number of Topliss-reactive ketones (excluding diaryl/α,β-unsaturated/α-hetero) is 1. The van der Waals surface area contributed by atoms with Crippen LogP contribution in [-0.4, -0.2) is 47.3 Å². The number of amides is 2. The van der Waals surface area contributed by atoms with Gasteiger partial charge >= 0.3 is 11.9 Å². The minimum atomic E-state index is -1.32. The number of esters is 1. The predicted octanol–water partition coefficient (Wildman–Crippen LogP) is 2.07. The topological polar surface area (TPSA) is 153 Å². The molecule has 0 aliphatic heterocycles. The Bertz CT molecular complexity index is 1050. The smallest absolute Gasteiger partial charge is 0.305 e. The van der Waals surface area contributed by atoms with E-state index in [-0.39, 0.29) is 11.8 Å². The zero-order chi connectivity index (χ0) is 25.5. The Morgan fingerprint density at radius 3 is 1.94 bits per heavy atom. The molecule has 35 heavy (non-hydrogen) atoms. The Morgan fingerprint density at radius 1 is 0.971 bits per heavy atom. The average Bonchev–Trinajstić information content (AvgIpc) is 3.44. The SMILES string of the molecule is CC(=O)OCC(=O)C(CC(=O)O)NC(=O)C1C2CCC(C2)C1C(N)=O.c1ccc2ccccc2c1. The Kier molecular flexibility index (Phi) is 8.57. The first-order chi connectivity index (χ1) is 16.7. The van der Waals surface area contributed by atoms with E-state index in [4.69, 9.17) is 10.8 Å². The molecule has 5 atom stereocenters. The van der Waals surface area contributed by atoms with Crippen LogP contribution < -0.4 is 11.1 Å². The summed E-state index contributed by atoms with van der Waals surface area (Å²) in [6.45, 7) is 0.494. The molecule has 2 bridgehead atoms. The van der Waals surface area contributed by atoms with E-state index in [1.165, 1.54) is 10.8 Å². The summed E-state index contributed by atoms with van der Waals surface area (Å²) in [5, 5.41) is 14.0. The largest absolute Gasteiger partial charge is 0.481 e. The van der Waals surface area contributed by atoms with Crippen LogP contribution >= 0.6 is 0 Å². The summed E-state index contributed by atoms with van der Waals surface area (Å²) in [6, 6.07) is 15.4. The van der Waals surface area contributed by atoms with Crippen molar-refractivity contribution < 1.29 is 33.8 Å². The molecule has 0 aromatic heterocycles. The van der Waals surface area contributed by atoms with E-state index in [9.17, 15) is 24.0 Å². The van der Waals surface area contributed by atoms with Gasteiger partial charge in [0.15, 0.2) is 12.4 Å². The number of carboxylic acid groups (broad SMARTS) is 1. The monoisotopic (exact) mass is 482 g/mol. The number of primary amides is 1. The highest BCUT2D eigenvalue weighted by molar-refractivity contribution is 5.95. The van der Waals surface area contributed by atoms with Crippen LogP contribution in [0, 0.1) is 23.7 Å². The van der Waals surface area contributed by atoms with Crippen molar-refractivity contribution in [3.63, 3.8) is 0 Å². The maximum absolute atomic E-state index is 12.6. The van der Waals surface area contributed by atoms with Crippen molar-refractivity contribution in [3.05, 3.63) is 48.5 Å². The standard InChI is InChI=1S/C16H22N2O7.C10H8/c1-7(19)25-6-11(20)10(5-12(21)22)18-16(24)14-9-3-2-8(4-9)13(14)15(17)23;1-2-6-10-8-4-3-7-9(10)5-1/h8-10,13-14H,2-6H2,1H3,(H2,17,23)(H,18,24)(H,21,22);1-8H. The number of ether oxygens (including phenoxy) is 1. The summed E-state index contributed by atoms with van der Waals surface area (Å²) in [6.07, 6.45) is 1.74. The fraction of sp³-hybridized carbons (Fsp3) is 0.423. The molecule has 5 unspecified atom stereocenters. The van der Waals surface area contributed by atoms with E-state index in [1.54, 1.807) is 0 Å². The molecule has 2 aliphatic rings. The van der Waals surface area contributed by atoms with Crippen molar-refractivity contribution in [2.75, 3.05) is 6.61 Å². The number of fused-ring (bicyclic) bond motifs is 3. The minimum Gasteiger partial charge on any atom is -0.481 e. The number of benzene rings is 2. The number of carbonyl (C=O) groups is 5. The third kappa shape index (κ3) is 6.65. The number of ketones is 1. The molecule has 0 saturated heterocycles. The highest BCUT2D eigenvalue weighted by Gasteiger charge is 2.53. The summed E-state index contributed by atoms with van der Waals surface area (Å²) in [7, 11) is 0. The summed E-state index contributed by atoms with van der Waals surface area (Å²) in [5.74, 6) is -4.93. The molecule has 0 heterocycles. The molecule has 2 fully saturated rings. The van der Waals surface area contributed by atoms with Crippen LogP contribution in [0.25, 0.3) is 10.8 Å². The Hall–Kier alpha value is -3.75. The second kappa shape index (κ2) is 11.6. The van der Waals surface area contributed by atoms with Gasteiger partial charge in [0.1, 0.15) is 6.04 Å². The zero-order valence-corrected chi connectivity index (χ0v) is 19.5. The second-order valence-corrected chi connectivity index (χ2v) is 9.04. The van der Waals surface area contributed by atoms with Crippen LogP contribution in [0.2, 0.25) is 0 Å². The van der Waals surface area contributed by atoms with E-state index in [0.717, 1.165) is 26.2 Å². The normalized spacial score (nSPS) is 23.0. The van der Waals surface area contributed by atoms with Crippen molar-refractivity contribution in [1.29, 1.82) is 0 Å². The van der Waals surface area contributed by atoms with Crippen LogP contribution in [0.3, 0.4) is 0 Å². The first kappa shape index (κ1) is 25.9. The molecule has 2 aromatic rings. The van der Waals surface area contributed by atoms with E-state index < -0.39 is 60.4 Å². The van der Waals surface area contributed by atoms with Gasteiger partial charge in [-0.2, -0.15) is 0 Å². The number of hydrogen-bond donors (Lipinski definition) is 3. The third-order valence-corrected chi connectivity index (χ3v) is 6.71. The predicted molar refractivity (Wildman–Crippen MR) is 127 cm³/mol. The summed E-state index contributed by atoms with van der Waals surface area (Å²) in [4.78, 5) is 58.1. The molecule has 2 saturated carbocycles. The van der Waals surface area contributed by atoms with Crippen LogP contribution in [-0.2, 0) is 28.7 Å². The van der Waals surface area contributed by atoms with Gasteiger partial charge in [-0.05, 0) is 41.9 Å².